The molecule has 0 aliphatic heterocycles. The van der Waals surface area contributed by atoms with Crippen LogP contribution in [0.4, 0.5) is 4.39 Å². The van der Waals surface area contributed by atoms with Gasteiger partial charge in [0.15, 0.2) is 0 Å². The van der Waals surface area contributed by atoms with Gasteiger partial charge in [0.1, 0.15) is 18.2 Å². The number of hydrogen-bond acceptors (Lipinski definition) is 1. The van der Waals surface area contributed by atoms with Crippen molar-refractivity contribution in [2.24, 2.45) is 0 Å². The van der Waals surface area contributed by atoms with E-state index in [4.69, 9.17) is 4.74 Å². The highest BCUT2D eigenvalue weighted by Gasteiger charge is 2.05. The monoisotopic (exact) mass is 336 g/mol. The molecule has 0 bridgehead atoms. The summed E-state index contributed by atoms with van der Waals surface area (Å²) in [5, 5.41) is 0. The van der Waals surface area contributed by atoms with Gasteiger partial charge >= 0.3 is 0 Å². The molecule has 0 heterocycles. The van der Waals surface area contributed by atoms with Gasteiger partial charge < -0.3 is 4.74 Å². The molecule has 20 heavy (non-hydrogen) atoms. The second kappa shape index (κ2) is 6.89. The van der Waals surface area contributed by atoms with Gasteiger partial charge in [0, 0.05) is 10.0 Å². The third-order valence-electron chi connectivity index (χ3n) is 3.46. The van der Waals surface area contributed by atoms with E-state index < -0.39 is 0 Å². The van der Waals surface area contributed by atoms with Crippen LogP contribution in [0.2, 0.25) is 0 Å². The Morgan fingerprint density at radius 2 is 1.85 bits per heavy atom. The predicted molar refractivity (Wildman–Crippen MR) is 83.6 cm³/mol. The second-order valence-electron chi connectivity index (χ2n) is 4.90. The smallest absolute Gasteiger partial charge is 0.129 e. The first-order valence-corrected chi connectivity index (χ1v) is 7.56. The van der Waals surface area contributed by atoms with E-state index in [1.54, 1.807) is 12.1 Å². The highest BCUT2D eigenvalue weighted by Crippen LogP contribution is 2.23. The Hall–Kier alpha value is -1.35. The van der Waals surface area contributed by atoms with Crippen LogP contribution in [0, 0.1) is 5.82 Å². The van der Waals surface area contributed by atoms with Crippen molar-refractivity contribution < 1.29 is 9.13 Å². The van der Waals surface area contributed by atoms with Crippen molar-refractivity contribution in [1.29, 1.82) is 0 Å². The molecule has 0 saturated carbocycles. The molecule has 2 aromatic carbocycles. The molecule has 1 unspecified atom stereocenters. The van der Waals surface area contributed by atoms with E-state index in [9.17, 15) is 4.39 Å². The van der Waals surface area contributed by atoms with E-state index in [0.29, 0.717) is 11.5 Å². The quantitative estimate of drug-likeness (QED) is 0.682. The third-order valence-corrected chi connectivity index (χ3v) is 3.96. The molecular weight excluding hydrogens is 319 g/mol. The fourth-order valence-corrected chi connectivity index (χ4v) is 2.35. The molecule has 1 atom stereocenters. The summed E-state index contributed by atoms with van der Waals surface area (Å²) in [6, 6.07) is 12.9. The molecule has 0 saturated heterocycles. The predicted octanol–water partition coefficient (Wildman–Crippen LogP) is 5.68. The molecular formula is C17H18BrFO. The fourth-order valence-electron chi connectivity index (χ4n) is 1.94. The van der Waals surface area contributed by atoms with Crippen molar-refractivity contribution in [2.45, 2.75) is 32.8 Å². The summed E-state index contributed by atoms with van der Waals surface area (Å²) < 4.78 is 20.1. The van der Waals surface area contributed by atoms with Crippen LogP contribution in [0.25, 0.3) is 0 Å². The van der Waals surface area contributed by atoms with Gasteiger partial charge in [-0.25, -0.2) is 4.39 Å². The summed E-state index contributed by atoms with van der Waals surface area (Å²) in [4.78, 5) is 0. The Kier molecular flexibility index (Phi) is 5.18. The van der Waals surface area contributed by atoms with Gasteiger partial charge in [-0.3, -0.25) is 0 Å². The average Bonchev–Trinajstić information content (AvgIpc) is 2.48. The first kappa shape index (κ1) is 15.0. The van der Waals surface area contributed by atoms with Crippen LogP contribution < -0.4 is 4.74 Å². The van der Waals surface area contributed by atoms with Crippen molar-refractivity contribution >= 4 is 15.9 Å². The number of benzene rings is 2. The zero-order valence-electron chi connectivity index (χ0n) is 11.7. The molecule has 0 aliphatic carbocycles. The van der Waals surface area contributed by atoms with E-state index >= 15 is 0 Å². The maximum Gasteiger partial charge on any atom is 0.129 e. The minimum absolute atomic E-state index is 0.230. The van der Waals surface area contributed by atoms with E-state index in [2.05, 4.69) is 41.9 Å². The van der Waals surface area contributed by atoms with Gasteiger partial charge in [-0.1, -0.05) is 41.9 Å². The number of halogens is 2. The van der Waals surface area contributed by atoms with E-state index in [0.717, 1.165) is 16.6 Å². The average molecular weight is 337 g/mol. The van der Waals surface area contributed by atoms with Gasteiger partial charge in [-0.05, 0) is 48.2 Å². The third kappa shape index (κ3) is 3.83. The first-order chi connectivity index (χ1) is 9.60. The lowest BCUT2D eigenvalue weighted by molar-refractivity contribution is 0.299. The van der Waals surface area contributed by atoms with Crippen molar-refractivity contribution in [3.05, 3.63) is 63.9 Å². The Morgan fingerprint density at radius 1 is 1.15 bits per heavy atom. The minimum Gasteiger partial charge on any atom is -0.489 e. The van der Waals surface area contributed by atoms with Crippen LogP contribution in [0.3, 0.4) is 0 Å². The Bertz CT molecular complexity index is 566. The molecule has 0 N–H and O–H groups in total. The standard InChI is InChI=1S/C17H18BrFO/c1-3-12(2)13-4-7-16(8-5-13)20-11-14-10-15(18)6-9-17(14)19/h4-10,12H,3,11H2,1-2H3. The molecule has 1 nitrogen and oxygen atoms in total. The normalized spacial score (nSPS) is 12.2. The van der Waals surface area contributed by atoms with Gasteiger partial charge in [-0.15, -0.1) is 0 Å². The SMILES string of the molecule is CCC(C)c1ccc(OCc2cc(Br)ccc2F)cc1. The zero-order valence-corrected chi connectivity index (χ0v) is 13.3. The summed E-state index contributed by atoms with van der Waals surface area (Å²) in [5.41, 5.74) is 1.85. The van der Waals surface area contributed by atoms with Crippen LogP contribution in [0.1, 0.15) is 37.3 Å². The molecule has 0 radical (unpaired) electrons. The lowest BCUT2D eigenvalue weighted by atomic mass is 9.99. The summed E-state index contributed by atoms with van der Waals surface area (Å²) >= 11 is 3.33. The number of hydrogen-bond donors (Lipinski definition) is 0. The van der Waals surface area contributed by atoms with Gasteiger partial charge in [-0.2, -0.15) is 0 Å². The molecule has 0 spiro atoms. The van der Waals surface area contributed by atoms with Gasteiger partial charge in [0.2, 0.25) is 0 Å². The minimum atomic E-state index is -0.246. The van der Waals surface area contributed by atoms with Crippen molar-refractivity contribution in [3.8, 4) is 5.75 Å². The van der Waals surface area contributed by atoms with Crippen LogP contribution in [0.15, 0.2) is 46.9 Å². The number of ether oxygens (including phenoxy) is 1. The summed E-state index contributed by atoms with van der Waals surface area (Å²) in [6.45, 7) is 4.60. The fraction of sp³-hybridized carbons (Fsp3) is 0.294. The van der Waals surface area contributed by atoms with Crippen LogP contribution in [-0.2, 0) is 6.61 Å². The summed E-state index contributed by atoms with van der Waals surface area (Å²) in [7, 11) is 0. The van der Waals surface area contributed by atoms with Crippen LogP contribution >= 0.6 is 15.9 Å². The Labute approximate surface area is 127 Å². The summed E-state index contributed by atoms with van der Waals surface area (Å²) in [5.74, 6) is 1.06. The highest BCUT2D eigenvalue weighted by molar-refractivity contribution is 9.10. The Balaban J connectivity index is 2.02. The van der Waals surface area contributed by atoms with Gasteiger partial charge in [0.25, 0.3) is 0 Å². The van der Waals surface area contributed by atoms with Crippen LogP contribution in [-0.4, -0.2) is 0 Å². The topological polar surface area (TPSA) is 9.23 Å². The lowest BCUT2D eigenvalue weighted by Gasteiger charge is -2.11. The first-order valence-electron chi connectivity index (χ1n) is 6.77. The molecule has 0 aliphatic rings. The lowest BCUT2D eigenvalue weighted by Crippen LogP contribution is -1.99. The van der Waals surface area contributed by atoms with E-state index in [-0.39, 0.29) is 12.4 Å². The molecule has 0 fully saturated rings. The molecule has 2 aromatic rings. The van der Waals surface area contributed by atoms with Crippen molar-refractivity contribution in [1.82, 2.24) is 0 Å². The second-order valence-corrected chi connectivity index (χ2v) is 5.82. The molecule has 0 amide bonds. The molecule has 3 heteroatoms. The largest absolute Gasteiger partial charge is 0.489 e. The van der Waals surface area contributed by atoms with Gasteiger partial charge in [0.05, 0.1) is 0 Å². The van der Waals surface area contributed by atoms with Crippen LogP contribution in [0.5, 0.6) is 5.75 Å². The van der Waals surface area contributed by atoms with Crippen molar-refractivity contribution in [3.63, 3.8) is 0 Å². The zero-order chi connectivity index (χ0) is 14.5. The molecule has 0 aromatic heterocycles. The molecule has 2 rings (SSSR count). The Morgan fingerprint density at radius 3 is 2.50 bits per heavy atom. The van der Waals surface area contributed by atoms with E-state index in [1.165, 1.54) is 11.6 Å². The van der Waals surface area contributed by atoms with Crippen molar-refractivity contribution in [2.75, 3.05) is 0 Å². The summed E-state index contributed by atoms with van der Waals surface area (Å²) in [6.07, 6.45) is 1.11. The van der Waals surface area contributed by atoms with E-state index in [1.807, 2.05) is 12.1 Å². The maximum atomic E-state index is 13.6. The molecule has 106 valence electrons. The highest BCUT2D eigenvalue weighted by atomic mass is 79.9. The number of rotatable bonds is 5. The maximum absolute atomic E-state index is 13.6.